The normalized spacial score (nSPS) is 39.0. The molecule has 0 amide bonds. The Labute approximate surface area is 161 Å². The van der Waals surface area contributed by atoms with E-state index >= 15 is 0 Å². The Hall–Kier alpha value is -1.87. The molecule has 3 heteroatoms. The van der Waals surface area contributed by atoms with E-state index in [0.717, 1.165) is 12.8 Å². The zero-order chi connectivity index (χ0) is 17.5. The molecule has 2 aromatic carbocycles. The molecule has 0 spiro atoms. The van der Waals surface area contributed by atoms with Crippen molar-refractivity contribution in [1.29, 1.82) is 0 Å². The Kier molecular flexibility index (Phi) is 2.98. The first-order valence-electron chi connectivity index (χ1n) is 9.43. The molecule has 0 N–H and O–H groups in total. The first-order chi connectivity index (χ1) is 12.7. The minimum Gasteiger partial charge on any atom is -0.457 e. The summed E-state index contributed by atoms with van der Waals surface area (Å²) in [4.78, 5) is 12.9. The number of esters is 1. The molecule has 3 fully saturated rings. The van der Waals surface area contributed by atoms with Crippen LogP contribution in [0.2, 0.25) is 0 Å². The number of benzene rings is 2. The highest BCUT2D eigenvalue weighted by Crippen LogP contribution is 2.67. The number of ether oxygens (including phenoxy) is 1. The van der Waals surface area contributed by atoms with Crippen molar-refractivity contribution in [2.75, 3.05) is 0 Å². The van der Waals surface area contributed by atoms with Gasteiger partial charge in [-0.25, -0.2) is 0 Å². The predicted octanol–water partition coefficient (Wildman–Crippen LogP) is 5.06. The molecule has 7 rings (SSSR count). The monoisotopic (exact) mass is 406 g/mol. The number of hydrogen-bond acceptors (Lipinski definition) is 2. The highest BCUT2D eigenvalue weighted by atomic mass is 79.9. The number of allylic oxidation sites excluding steroid dienone is 1. The summed E-state index contributed by atoms with van der Waals surface area (Å²) < 4.78 is 5.27. The van der Waals surface area contributed by atoms with E-state index in [1.54, 1.807) is 0 Å². The van der Waals surface area contributed by atoms with Gasteiger partial charge in [-0.1, -0.05) is 76.6 Å². The third kappa shape index (κ3) is 1.75. The Balaban J connectivity index is 1.59. The van der Waals surface area contributed by atoms with Crippen molar-refractivity contribution in [3.63, 3.8) is 0 Å². The van der Waals surface area contributed by atoms with Crippen molar-refractivity contribution in [2.45, 2.75) is 41.0 Å². The van der Waals surface area contributed by atoms with Gasteiger partial charge in [-0.2, -0.15) is 0 Å². The smallest absolute Gasteiger partial charge is 0.324 e. The van der Waals surface area contributed by atoms with E-state index in [0.29, 0.717) is 11.8 Å². The lowest BCUT2D eigenvalue weighted by molar-refractivity contribution is -0.166. The van der Waals surface area contributed by atoms with Crippen LogP contribution in [0, 0.1) is 5.92 Å². The maximum absolute atomic E-state index is 12.9. The van der Waals surface area contributed by atoms with E-state index < -0.39 is 4.32 Å². The zero-order valence-electron chi connectivity index (χ0n) is 14.3. The standard InChI is InChI=1S/C23H19BrO2/c24-23-19-12-20(26-22(23)25)18-11-14(13-6-2-1-3-7-13)10-17(21(18)23)15-8-4-5-9-16(15)19/h1-9,11,14,17,19-21H,10,12H2/t14-,17?,19?,20?,21?,23?/m0/s1. The molecule has 130 valence electrons. The summed E-state index contributed by atoms with van der Waals surface area (Å²) in [5.41, 5.74) is 5.49. The molecule has 2 nitrogen and oxygen atoms in total. The fourth-order valence-corrected chi connectivity index (χ4v) is 7.10. The summed E-state index contributed by atoms with van der Waals surface area (Å²) in [6.07, 6.45) is 4.30. The van der Waals surface area contributed by atoms with Gasteiger partial charge < -0.3 is 4.74 Å². The minimum absolute atomic E-state index is 0.0562. The molecule has 4 bridgehead atoms. The molecule has 5 unspecified atom stereocenters. The van der Waals surface area contributed by atoms with E-state index in [-0.39, 0.29) is 23.9 Å². The van der Waals surface area contributed by atoms with Gasteiger partial charge in [0.1, 0.15) is 10.4 Å². The lowest BCUT2D eigenvalue weighted by Crippen LogP contribution is -2.64. The quantitative estimate of drug-likeness (QED) is 0.375. The second-order valence-corrected chi connectivity index (χ2v) is 9.40. The predicted molar refractivity (Wildman–Crippen MR) is 103 cm³/mol. The molecule has 2 aromatic rings. The number of rotatable bonds is 1. The van der Waals surface area contributed by atoms with Gasteiger partial charge in [0.25, 0.3) is 0 Å². The van der Waals surface area contributed by atoms with Crippen LogP contribution in [0.15, 0.2) is 66.2 Å². The second kappa shape index (κ2) is 5.10. The number of carbonyl (C=O) groups excluding carboxylic acids is 1. The van der Waals surface area contributed by atoms with Crippen LogP contribution in [0.4, 0.5) is 0 Å². The summed E-state index contributed by atoms with van der Waals surface area (Å²) in [5.74, 6) is 1.13. The van der Waals surface area contributed by atoms with Crippen molar-refractivity contribution in [2.24, 2.45) is 5.92 Å². The fourth-order valence-electron chi connectivity index (χ4n) is 5.99. The third-order valence-electron chi connectivity index (χ3n) is 7.01. The largest absolute Gasteiger partial charge is 0.457 e. The van der Waals surface area contributed by atoms with Gasteiger partial charge in [-0.3, -0.25) is 4.79 Å². The van der Waals surface area contributed by atoms with E-state index in [9.17, 15) is 4.79 Å². The average molecular weight is 407 g/mol. The second-order valence-electron chi connectivity index (χ2n) is 8.08. The van der Waals surface area contributed by atoms with Crippen LogP contribution in [0.25, 0.3) is 0 Å². The van der Waals surface area contributed by atoms with Gasteiger partial charge in [-0.05, 0) is 41.0 Å². The first-order valence-corrected chi connectivity index (χ1v) is 10.2. The van der Waals surface area contributed by atoms with Gasteiger partial charge >= 0.3 is 5.97 Å². The van der Waals surface area contributed by atoms with Crippen LogP contribution in [-0.4, -0.2) is 16.4 Å². The lowest BCUT2D eigenvalue weighted by atomic mass is 9.50. The molecular weight excluding hydrogens is 388 g/mol. The molecule has 26 heavy (non-hydrogen) atoms. The zero-order valence-corrected chi connectivity index (χ0v) is 15.9. The number of carbonyl (C=O) groups is 1. The third-order valence-corrected chi connectivity index (χ3v) is 8.37. The maximum atomic E-state index is 12.9. The number of alkyl halides is 1. The summed E-state index contributed by atoms with van der Waals surface area (Å²) in [6.45, 7) is 0. The Morgan fingerprint density at radius 3 is 2.50 bits per heavy atom. The van der Waals surface area contributed by atoms with Crippen molar-refractivity contribution in [1.82, 2.24) is 0 Å². The van der Waals surface area contributed by atoms with E-state index in [1.807, 2.05) is 0 Å². The van der Waals surface area contributed by atoms with Crippen molar-refractivity contribution in [3.8, 4) is 0 Å². The molecule has 1 saturated carbocycles. The highest BCUT2D eigenvalue weighted by Gasteiger charge is 2.67. The summed E-state index contributed by atoms with van der Waals surface area (Å²) in [7, 11) is 0. The Morgan fingerprint density at radius 2 is 1.69 bits per heavy atom. The van der Waals surface area contributed by atoms with Crippen LogP contribution in [-0.2, 0) is 9.53 Å². The molecule has 2 saturated heterocycles. The lowest BCUT2D eigenvalue weighted by Gasteiger charge is -2.60. The van der Waals surface area contributed by atoms with Crippen molar-refractivity contribution < 1.29 is 9.53 Å². The molecule has 2 heterocycles. The first kappa shape index (κ1) is 15.2. The summed E-state index contributed by atoms with van der Waals surface area (Å²) in [5, 5.41) is 0. The molecule has 2 aliphatic heterocycles. The molecule has 0 aromatic heterocycles. The minimum atomic E-state index is -0.589. The van der Waals surface area contributed by atoms with E-state index in [1.165, 1.54) is 22.3 Å². The molecular formula is C23H19BrO2. The van der Waals surface area contributed by atoms with Crippen LogP contribution in [0.1, 0.15) is 47.3 Å². The molecule has 3 aliphatic carbocycles. The van der Waals surface area contributed by atoms with Gasteiger partial charge in [0, 0.05) is 17.8 Å². The maximum Gasteiger partial charge on any atom is 0.324 e. The Morgan fingerprint density at radius 1 is 0.962 bits per heavy atom. The number of fused-ring (bicyclic) bond motifs is 3. The average Bonchev–Trinajstić information content (AvgIpc) is 2.69. The molecule has 6 atom stereocenters. The topological polar surface area (TPSA) is 26.3 Å². The van der Waals surface area contributed by atoms with Crippen molar-refractivity contribution in [3.05, 3.63) is 82.9 Å². The van der Waals surface area contributed by atoms with Crippen LogP contribution in [0.3, 0.4) is 0 Å². The van der Waals surface area contributed by atoms with Crippen LogP contribution < -0.4 is 0 Å². The molecule has 0 radical (unpaired) electrons. The fraction of sp³-hybridized carbons (Fsp3) is 0.348. The van der Waals surface area contributed by atoms with Gasteiger partial charge in [0.2, 0.25) is 0 Å². The number of hydrogen-bond donors (Lipinski definition) is 0. The van der Waals surface area contributed by atoms with E-state index in [4.69, 9.17) is 4.74 Å². The van der Waals surface area contributed by atoms with Gasteiger partial charge in [0.15, 0.2) is 0 Å². The molecule has 5 aliphatic rings. The van der Waals surface area contributed by atoms with Crippen LogP contribution in [0.5, 0.6) is 0 Å². The Bertz CT molecular complexity index is 950. The van der Waals surface area contributed by atoms with Gasteiger partial charge in [-0.15, -0.1) is 0 Å². The highest BCUT2D eigenvalue weighted by molar-refractivity contribution is 9.10. The number of halogens is 1. The summed E-state index contributed by atoms with van der Waals surface area (Å²) in [6, 6.07) is 19.5. The van der Waals surface area contributed by atoms with Crippen LogP contribution >= 0.6 is 15.9 Å². The van der Waals surface area contributed by atoms with E-state index in [2.05, 4.69) is 76.6 Å². The van der Waals surface area contributed by atoms with Gasteiger partial charge in [0.05, 0.1) is 0 Å². The van der Waals surface area contributed by atoms with Crippen molar-refractivity contribution >= 4 is 21.9 Å². The summed E-state index contributed by atoms with van der Waals surface area (Å²) >= 11 is 3.93. The SMILES string of the molecule is O=C1OC2CC3c4ccccc4C4C[C@H](c5ccccc5)C=C2C4C13Br.